The van der Waals surface area contributed by atoms with Crippen LogP contribution in [0, 0.1) is 15.2 Å². The molecule has 4 heteroatoms. The highest BCUT2D eigenvalue weighted by Crippen LogP contribution is 2.28. The Labute approximate surface area is 134 Å². The van der Waals surface area contributed by atoms with Gasteiger partial charge < -0.3 is 0 Å². The number of aromatic nitrogens is 1. The normalized spacial score (nSPS) is 10.6. The molecule has 0 spiro atoms. The summed E-state index contributed by atoms with van der Waals surface area (Å²) in [5, 5.41) is 0. The molecule has 0 aliphatic heterocycles. The van der Waals surface area contributed by atoms with Crippen LogP contribution in [0.3, 0.4) is 0 Å². The molecule has 1 aromatic heterocycles. The molecule has 104 valence electrons. The molecule has 0 saturated carbocycles. The molecule has 0 amide bonds. The highest BCUT2D eigenvalue weighted by molar-refractivity contribution is 14.1. The van der Waals surface area contributed by atoms with Crippen molar-refractivity contribution in [1.82, 2.24) is 4.98 Å². The van der Waals surface area contributed by atoms with E-state index >= 15 is 0 Å². The minimum atomic E-state index is -0.293. The Bertz CT molecular complexity index is 802. The Morgan fingerprint density at radius 2 is 1.43 bits per heavy atom. The zero-order valence-corrected chi connectivity index (χ0v) is 13.0. The van der Waals surface area contributed by atoms with Gasteiger partial charge >= 0.3 is 0 Å². The maximum Gasteiger partial charge on any atom is 0.123 e. The van der Waals surface area contributed by atoms with Gasteiger partial charge in [-0.3, -0.25) is 4.98 Å². The van der Waals surface area contributed by atoms with Crippen LogP contribution in [-0.4, -0.2) is 4.98 Å². The lowest BCUT2D eigenvalue weighted by Gasteiger charge is -2.07. The average Bonchev–Trinajstić information content (AvgIpc) is 2.47. The third-order valence-corrected chi connectivity index (χ3v) is 4.00. The third-order valence-electron chi connectivity index (χ3n) is 3.11. The van der Waals surface area contributed by atoms with Gasteiger partial charge in [0.1, 0.15) is 11.6 Å². The number of hydrogen-bond donors (Lipinski definition) is 0. The fourth-order valence-electron chi connectivity index (χ4n) is 2.10. The molecule has 21 heavy (non-hydrogen) atoms. The maximum atomic E-state index is 13.3. The van der Waals surface area contributed by atoms with Crippen LogP contribution >= 0.6 is 22.6 Å². The summed E-state index contributed by atoms with van der Waals surface area (Å²) in [4.78, 5) is 4.36. The zero-order chi connectivity index (χ0) is 14.8. The third kappa shape index (κ3) is 3.10. The van der Waals surface area contributed by atoms with Crippen molar-refractivity contribution in [2.45, 2.75) is 0 Å². The van der Waals surface area contributed by atoms with Crippen molar-refractivity contribution in [3.8, 4) is 22.4 Å². The molecule has 0 saturated heterocycles. The molecule has 2 aromatic carbocycles. The van der Waals surface area contributed by atoms with E-state index in [1.165, 1.54) is 24.3 Å². The molecule has 0 radical (unpaired) electrons. The highest BCUT2D eigenvalue weighted by Gasteiger charge is 2.08. The molecule has 0 aliphatic carbocycles. The molecule has 0 fully saturated rings. The predicted molar refractivity (Wildman–Crippen MR) is 87.7 cm³/mol. The van der Waals surface area contributed by atoms with Crippen LogP contribution in [0.4, 0.5) is 8.78 Å². The summed E-state index contributed by atoms with van der Waals surface area (Å²) >= 11 is 2.18. The van der Waals surface area contributed by atoms with Gasteiger partial charge in [0, 0.05) is 20.9 Å². The van der Waals surface area contributed by atoms with Crippen molar-refractivity contribution in [3.05, 3.63) is 76.0 Å². The Morgan fingerprint density at radius 1 is 0.810 bits per heavy atom. The molecular weight excluding hydrogens is 383 g/mol. The van der Waals surface area contributed by atoms with E-state index in [1.807, 2.05) is 18.2 Å². The molecule has 0 unspecified atom stereocenters. The van der Waals surface area contributed by atoms with E-state index in [0.717, 1.165) is 20.3 Å². The van der Waals surface area contributed by atoms with Gasteiger partial charge in [-0.2, -0.15) is 0 Å². The first-order chi connectivity index (χ1) is 10.1. The molecule has 0 bridgehead atoms. The number of nitrogens with zero attached hydrogens (tertiary/aromatic N) is 1. The number of halogens is 3. The minimum Gasteiger partial charge on any atom is -0.256 e. The average molecular weight is 393 g/mol. The van der Waals surface area contributed by atoms with Crippen LogP contribution in [0.2, 0.25) is 0 Å². The molecule has 3 aromatic rings. The number of pyridine rings is 1. The van der Waals surface area contributed by atoms with Gasteiger partial charge in [0.15, 0.2) is 0 Å². The fourth-order valence-corrected chi connectivity index (χ4v) is 2.85. The van der Waals surface area contributed by atoms with Gasteiger partial charge in [0.2, 0.25) is 0 Å². The van der Waals surface area contributed by atoms with Gasteiger partial charge in [0.05, 0.1) is 5.69 Å². The van der Waals surface area contributed by atoms with E-state index in [0.29, 0.717) is 5.69 Å². The van der Waals surface area contributed by atoms with Gasteiger partial charge in [-0.1, -0.05) is 24.3 Å². The van der Waals surface area contributed by atoms with Gasteiger partial charge in [-0.25, -0.2) is 8.78 Å². The summed E-state index contributed by atoms with van der Waals surface area (Å²) in [6.45, 7) is 0. The quantitative estimate of drug-likeness (QED) is 0.539. The fraction of sp³-hybridized carbons (Fsp3) is 0. The minimum absolute atomic E-state index is 0.280. The van der Waals surface area contributed by atoms with E-state index < -0.39 is 0 Å². The smallest absolute Gasteiger partial charge is 0.123 e. The lowest BCUT2D eigenvalue weighted by molar-refractivity contribution is 0.628. The summed E-state index contributed by atoms with van der Waals surface area (Å²) in [6.07, 6.45) is 1.69. The standard InChI is InChI=1S/C17H10F2IN/c18-13-5-1-3-11(7-13)15-10-21-17(9-16(15)20)12-4-2-6-14(19)8-12/h1-10H. The summed E-state index contributed by atoms with van der Waals surface area (Å²) in [6, 6.07) is 14.6. The van der Waals surface area contributed by atoms with Crippen LogP contribution < -0.4 is 0 Å². The second-order valence-corrected chi connectivity index (χ2v) is 5.73. The van der Waals surface area contributed by atoms with E-state index in [9.17, 15) is 8.78 Å². The molecule has 3 rings (SSSR count). The van der Waals surface area contributed by atoms with Gasteiger partial charge in [0.25, 0.3) is 0 Å². The number of benzene rings is 2. The lowest BCUT2D eigenvalue weighted by Crippen LogP contribution is -1.90. The monoisotopic (exact) mass is 393 g/mol. The highest BCUT2D eigenvalue weighted by atomic mass is 127. The first-order valence-electron chi connectivity index (χ1n) is 6.31. The zero-order valence-electron chi connectivity index (χ0n) is 10.9. The van der Waals surface area contributed by atoms with Crippen LogP contribution in [0.15, 0.2) is 60.8 Å². The van der Waals surface area contributed by atoms with E-state index in [-0.39, 0.29) is 11.6 Å². The summed E-state index contributed by atoms with van der Waals surface area (Å²) in [5.41, 5.74) is 3.05. The van der Waals surface area contributed by atoms with Crippen molar-refractivity contribution in [1.29, 1.82) is 0 Å². The largest absolute Gasteiger partial charge is 0.256 e. The van der Waals surface area contributed by atoms with Gasteiger partial charge in [-0.05, 0) is 58.5 Å². The Balaban J connectivity index is 2.04. The Kier molecular flexibility index (Phi) is 3.96. The van der Waals surface area contributed by atoms with E-state index in [4.69, 9.17) is 0 Å². The lowest BCUT2D eigenvalue weighted by atomic mass is 10.1. The second-order valence-electron chi connectivity index (χ2n) is 4.57. The predicted octanol–water partition coefficient (Wildman–Crippen LogP) is 5.30. The molecule has 1 heterocycles. The Hall–Kier alpha value is -1.82. The molecule has 0 atom stereocenters. The van der Waals surface area contributed by atoms with E-state index in [2.05, 4.69) is 27.6 Å². The van der Waals surface area contributed by atoms with Gasteiger partial charge in [-0.15, -0.1) is 0 Å². The Morgan fingerprint density at radius 3 is 2.05 bits per heavy atom. The van der Waals surface area contributed by atoms with Crippen molar-refractivity contribution < 1.29 is 8.78 Å². The first kappa shape index (κ1) is 14.1. The summed E-state index contributed by atoms with van der Waals surface area (Å²) in [7, 11) is 0. The SMILES string of the molecule is Fc1cccc(-c2cc(I)c(-c3cccc(F)c3)cn2)c1. The maximum absolute atomic E-state index is 13.3. The molecule has 1 nitrogen and oxygen atoms in total. The number of rotatable bonds is 2. The van der Waals surface area contributed by atoms with E-state index in [1.54, 1.807) is 18.3 Å². The van der Waals surface area contributed by atoms with Crippen molar-refractivity contribution in [2.24, 2.45) is 0 Å². The van der Waals surface area contributed by atoms with Crippen molar-refractivity contribution in [3.63, 3.8) is 0 Å². The first-order valence-corrected chi connectivity index (χ1v) is 7.39. The molecule has 0 aliphatic rings. The topological polar surface area (TPSA) is 12.9 Å². The van der Waals surface area contributed by atoms with Crippen LogP contribution in [0.5, 0.6) is 0 Å². The van der Waals surface area contributed by atoms with Crippen molar-refractivity contribution >= 4 is 22.6 Å². The number of hydrogen-bond acceptors (Lipinski definition) is 1. The molecular formula is C17H10F2IN. The van der Waals surface area contributed by atoms with Crippen LogP contribution in [0.25, 0.3) is 22.4 Å². The van der Waals surface area contributed by atoms with Crippen LogP contribution in [-0.2, 0) is 0 Å². The summed E-state index contributed by atoms with van der Waals surface area (Å²) in [5.74, 6) is -0.573. The molecule has 0 N–H and O–H groups in total. The van der Waals surface area contributed by atoms with Crippen molar-refractivity contribution in [2.75, 3.05) is 0 Å². The summed E-state index contributed by atoms with van der Waals surface area (Å²) < 4.78 is 27.5. The van der Waals surface area contributed by atoms with Crippen LogP contribution in [0.1, 0.15) is 0 Å². The second kappa shape index (κ2) is 5.89.